The number of nitrogens with zero attached hydrogens (tertiary/aromatic N) is 1. The van der Waals surface area contributed by atoms with Crippen LogP contribution in [0.4, 0.5) is 17.6 Å². The lowest BCUT2D eigenvalue weighted by atomic mass is 9.89. The average Bonchev–Trinajstić information content (AvgIpc) is 3.28. The lowest BCUT2D eigenvalue weighted by Gasteiger charge is -2.37. The van der Waals surface area contributed by atoms with Crippen LogP contribution in [0, 0.1) is 5.82 Å². The van der Waals surface area contributed by atoms with Crippen LogP contribution in [0.15, 0.2) is 66.7 Å². The molecule has 4 aromatic rings. The maximum Gasteiger partial charge on any atom is 0.416 e. The van der Waals surface area contributed by atoms with Gasteiger partial charge in [0, 0.05) is 34.3 Å². The van der Waals surface area contributed by atoms with Crippen molar-refractivity contribution in [1.82, 2.24) is 10.2 Å². The number of alkyl halides is 3. The van der Waals surface area contributed by atoms with Gasteiger partial charge in [0.2, 0.25) is 0 Å². The van der Waals surface area contributed by atoms with Gasteiger partial charge in [-0.05, 0) is 74.2 Å². The Labute approximate surface area is 233 Å². The van der Waals surface area contributed by atoms with Crippen LogP contribution in [0.5, 0.6) is 0 Å². The van der Waals surface area contributed by atoms with E-state index >= 15 is 4.39 Å². The molecule has 1 aliphatic carbocycles. The third kappa shape index (κ3) is 5.83. The predicted molar refractivity (Wildman–Crippen MR) is 149 cm³/mol. The molecule has 1 aliphatic rings. The van der Waals surface area contributed by atoms with E-state index in [1.807, 2.05) is 31.3 Å². The molecule has 0 radical (unpaired) electrons. The molecule has 204 valence electrons. The molecule has 9 heteroatoms. The summed E-state index contributed by atoms with van der Waals surface area (Å²) in [6.45, 7) is 0.0264. The highest BCUT2D eigenvalue weighted by Crippen LogP contribution is 2.38. The van der Waals surface area contributed by atoms with E-state index in [1.54, 1.807) is 11.0 Å². The summed E-state index contributed by atoms with van der Waals surface area (Å²) in [4.78, 5) is 16.1. The van der Waals surface area contributed by atoms with Crippen molar-refractivity contribution in [2.45, 2.75) is 50.5 Å². The second kappa shape index (κ2) is 11.3. The van der Waals surface area contributed by atoms with Crippen molar-refractivity contribution in [3.05, 3.63) is 93.6 Å². The minimum Gasteiger partial charge on any atom is -0.330 e. The SMILES string of the molecule is CNC1CCC(N(Cc2cc(-c3ccc(C(F)(F)F)cc3)ccc2F)C(=O)c2sc3ccccc3c2Cl)CC1. The molecule has 0 unspecified atom stereocenters. The van der Waals surface area contributed by atoms with Crippen molar-refractivity contribution < 1.29 is 22.4 Å². The molecule has 1 N–H and O–H groups in total. The molecule has 0 atom stereocenters. The number of carbonyl (C=O) groups excluding carboxylic acids is 1. The van der Waals surface area contributed by atoms with E-state index in [-0.39, 0.29) is 18.5 Å². The minimum atomic E-state index is -4.44. The molecule has 1 saturated carbocycles. The average molecular weight is 575 g/mol. The standard InChI is InChI=1S/C30H27ClF4N2OS/c1-36-22-11-13-23(14-12-22)37(29(38)28-27(31)24-4-2-3-5-26(24)39-28)17-20-16-19(8-15-25(20)32)18-6-9-21(10-7-18)30(33,34)35/h2-10,15-16,22-23,36H,11-14,17H2,1H3. The summed E-state index contributed by atoms with van der Waals surface area (Å²) in [6.07, 6.45) is -1.13. The molecule has 0 saturated heterocycles. The highest BCUT2D eigenvalue weighted by Gasteiger charge is 2.32. The van der Waals surface area contributed by atoms with E-state index in [2.05, 4.69) is 5.32 Å². The van der Waals surface area contributed by atoms with Crippen molar-refractivity contribution >= 4 is 38.9 Å². The highest BCUT2D eigenvalue weighted by molar-refractivity contribution is 7.21. The Morgan fingerprint density at radius 1 is 1.00 bits per heavy atom. The van der Waals surface area contributed by atoms with Crippen LogP contribution < -0.4 is 5.32 Å². The maximum atomic E-state index is 15.1. The number of hydrogen-bond donors (Lipinski definition) is 1. The van der Waals surface area contributed by atoms with Gasteiger partial charge >= 0.3 is 6.18 Å². The van der Waals surface area contributed by atoms with E-state index in [0.29, 0.717) is 32.6 Å². The van der Waals surface area contributed by atoms with Crippen molar-refractivity contribution in [3.63, 3.8) is 0 Å². The van der Waals surface area contributed by atoms with Crippen LogP contribution in [0.1, 0.15) is 46.5 Å². The van der Waals surface area contributed by atoms with Gasteiger partial charge < -0.3 is 10.2 Å². The molecule has 1 aromatic heterocycles. The van der Waals surface area contributed by atoms with Crippen LogP contribution in [0.25, 0.3) is 21.2 Å². The Hall–Kier alpha value is -2.94. The number of amides is 1. The summed E-state index contributed by atoms with van der Waals surface area (Å²) in [5, 5.41) is 4.50. The van der Waals surface area contributed by atoms with Gasteiger partial charge in [-0.2, -0.15) is 13.2 Å². The van der Waals surface area contributed by atoms with Crippen LogP contribution in [-0.2, 0) is 12.7 Å². The summed E-state index contributed by atoms with van der Waals surface area (Å²) < 4.78 is 55.1. The molecular weight excluding hydrogens is 548 g/mol. The Morgan fingerprint density at radius 2 is 1.67 bits per heavy atom. The van der Waals surface area contributed by atoms with Crippen LogP contribution in [-0.4, -0.2) is 29.9 Å². The van der Waals surface area contributed by atoms with E-state index < -0.39 is 17.6 Å². The number of fused-ring (bicyclic) bond motifs is 1. The zero-order valence-corrected chi connectivity index (χ0v) is 22.8. The van der Waals surface area contributed by atoms with Crippen molar-refractivity contribution in [1.29, 1.82) is 0 Å². The topological polar surface area (TPSA) is 32.3 Å². The van der Waals surface area contributed by atoms with Crippen LogP contribution in [0.3, 0.4) is 0 Å². The summed E-state index contributed by atoms with van der Waals surface area (Å²) in [7, 11) is 1.92. The molecule has 0 aliphatic heterocycles. The summed E-state index contributed by atoms with van der Waals surface area (Å²) in [5.41, 5.74) is 0.659. The van der Waals surface area contributed by atoms with E-state index in [4.69, 9.17) is 11.6 Å². The van der Waals surface area contributed by atoms with Gasteiger partial charge in [0.1, 0.15) is 10.7 Å². The number of hydrogen-bond acceptors (Lipinski definition) is 3. The third-order valence-electron chi connectivity index (χ3n) is 7.47. The monoisotopic (exact) mass is 574 g/mol. The van der Waals surface area contributed by atoms with Gasteiger partial charge in [-0.25, -0.2) is 4.39 Å². The lowest BCUT2D eigenvalue weighted by molar-refractivity contribution is -0.137. The molecule has 0 bridgehead atoms. The Balaban J connectivity index is 1.48. The molecule has 1 heterocycles. The fourth-order valence-corrected chi connectivity index (χ4v) is 6.70. The largest absolute Gasteiger partial charge is 0.416 e. The lowest BCUT2D eigenvalue weighted by Crippen LogP contribution is -2.44. The van der Waals surface area contributed by atoms with E-state index in [1.165, 1.54) is 35.6 Å². The first kappa shape index (κ1) is 27.6. The highest BCUT2D eigenvalue weighted by atomic mass is 35.5. The predicted octanol–water partition coefficient (Wildman–Crippen LogP) is 8.55. The fourth-order valence-electron chi connectivity index (χ4n) is 5.24. The molecule has 5 rings (SSSR count). The van der Waals surface area contributed by atoms with Gasteiger partial charge in [-0.1, -0.05) is 48.0 Å². The van der Waals surface area contributed by atoms with Crippen molar-refractivity contribution in [2.24, 2.45) is 0 Å². The Morgan fingerprint density at radius 3 is 2.31 bits per heavy atom. The van der Waals surface area contributed by atoms with Crippen LogP contribution in [0.2, 0.25) is 5.02 Å². The summed E-state index contributed by atoms with van der Waals surface area (Å²) in [5.74, 6) is -0.719. The van der Waals surface area contributed by atoms with Crippen molar-refractivity contribution in [3.8, 4) is 11.1 Å². The normalized spacial score (nSPS) is 17.9. The van der Waals surface area contributed by atoms with Crippen molar-refractivity contribution in [2.75, 3.05) is 7.05 Å². The number of carbonyl (C=O) groups is 1. The summed E-state index contributed by atoms with van der Waals surface area (Å²) >= 11 is 7.99. The van der Waals surface area contributed by atoms with E-state index in [0.717, 1.165) is 47.9 Å². The number of nitrogens with one attached hydrogen (secondary N) is 1. The molecule has 1 amide bonds. The van der Waals surface area contributed by atoms with Gasteiger partial charge in [-0.15, -0.1) is 11.3 Å². The van der Waals surface area contributed by atoms with Gasteiger partial charge in [0.25, 0.3) is 5.91 Å². The first-order valence-corrected chi connectivity index (χ1v) is 14.0. The first-order chi connectivity index (χ1) is 18.7. The van der Waals surface area contributed by atoms with Gasteiger partial charge in [0.05, 0.1) is 10.6 Å². The minimum absolute atomic E-state index is 0.0264. The van der Waals surface area contributed by atoms with E-state index in [9.17, 15) is 18.0 Å². The number of halogens is 5. The maximum absolute atomic E-state index is 15.1. The Bertz CT molecular complexity index is 1480. The number of benzene rings is 3. The molecule has 39 heavy (non-hydrogen) atoms. The number of thiophene rings is 1. The smallest absolute Gasteiger partial charge is 0.330 e. The zero-order valence-electron chi connectivity index (χ0n) is 21.2. The molecule has 3 nitrogen and oxygen atoms in total. The zero-order chi connectivity index (χ0) is 27.7. The van der Waals surface area contributed by atoms with Gasteiger partial charge in [-0.3, -0.25) is 4.79 Å². The molecule has 3 aromatic carbocycles. The van der Waals surface area contributed by atoms with Gasteiger partial charge in [0.15, 0.2) is 0 Å². The number of rotatable bonds is 6. The molecule has 1 fully saturated rings. The summed E-state index contributed by atoms with van der Waals surface area (Å²) in [6, 6.07) is 17.0. The Kier molecular flexibility index (Phi) is 7.99. The third-order valence-corrected chi connectivity index (χ3v) is 9.13. The fraction of sp³-hybridized carbons (Fsp3) is 0.300. The molecule has 0 spiro atoms. The molecular formula is C30H27ClF4N2OS. The second-order valence-corrected chi connectivity index (χ2v) is 11.3. The quantitative estimate of drug-likeness (QED) is 0.234. The second-order valence-electron chi connectivity index (χ2n) is 9.85. The first-order valence-electron chi connectivity index (χ1n) is 12.8. The van der Waals surface area contributed by atoms with Crippen LogP contribution >= 0.6 is 22.9 Å².